The summed E-state index contributed by atoms with van der Waals surface area (Å²) in [5, 5.41) is 1.44. The summed E-state index contributed by atoms with van der Waals surface area (Å²) in [6, 6.07) is 15.8. The molecule has 0 N–H and O–H groups in total. The topological polar surface area (TPSA) is 54.9 Å². The van der Waals surface area contributed by atoms with Crippen molar-refractivity contribution in [3.8, 4) is 5.75 Å². The van der Waals surface area contributed by atoms with E-state index in [1.54, 1.807) is 7.11 Å². The van der Waals surface area contributed by atoms with Gasteiger partial charge in [0, 0.05) is 30.6 Å². The van der Waals surface area contributed by atoms with Crippen molar-refractivity contribution in [2.75, 3.05) is 33.4 Å². The molecule has 1 saturated heterocycles. The molecule has 1 aliphatic heterocycles. The molecule has 0 spiro atoms. The van der Waals surface area contributed by atoms with Crippen LogP contribution in [0.25, 0.3) is 10.9 Å². The molecule has 0 atom stereocenters. The molecule has 0 bridgehead atoms. The van der Waals surface area contributed by atoms with Crippen molar-refractivity contribution in [2.45, 2.75) is 20.0 Å². The maximum absolute atomic E-state index is 13.4. The first kappa shape index (κ1) is 21.4. The zero-order valence-corrected chi connectivity index (χ0v) is 18.6. The van der Waals surface area contributed by atoms with Crippen LogP contribution in [0.3, 0.4) is 0 Å². The van der Waals surface area contributed by atoms with E-state index < -0.39 is 0 Å². The Bertz CT molecular complexity index is 1070. The standard InChI is InChI=1S/C24H26ClN3O3/c1-17-3-8-22-19(13-17)14-20(23(25)26-22)16-28(24(29)27-9-11-31-12-10-27)15-18-4-6-21(30-2)7-5-18/h3-8,13-14H,9-12,15-16H2,1-2H3. The number of nitrogens with zero attached hydrogens (tertiary/aromatic N) is 3. The Morgan fingerprint density at radius 2 is 1.87 bits per heavy atom. The Hall–Kier alpha value is -2.83. The highest BCUT2D eigenvalue weighted by atomic mass is 35.5. The van der Waals surface area contributed by atoms with Crippen molar-refractivity contribution in [1.82, 2.24) is 14.8 Å². The minimum atomic E-state index is -0.0282. The maximum Gasteiger partial charge on any atom is 0.320 e. The van der Waals surface area contributed by atoms with Gasteiger partial charge >= 0.3 is 6.03 Å². The first-order valence-corrected chi connectivity index (χ1v) is 10.7. The van der Waals surface area contributed by atoms with Gasteiger partial charge in [-0.2, -0.15) is 0 Å². The number of hydrogen-bond donors (Lipinski definition) is 0. The van der Waals surface area contributed by atoms with Gasteiger partial charge in [-0.3, -0.25) is 0 Å². The van der Waals surface area contributed by atoms with Crippen LogP contribution in [0.4, 0.5) is 4.79 Å². The number of amides is 2. The van der Waals surface area contributed by atoms with Crippen LogP contribution in [0.15, 0.2) is 48.5 Å². The number of fused-ring (bicyclic) bond motifs is 1. The number of pyridine rings is 1. The lowest BCUT2D eigenvalue weighted by Crippen LogP contribution is -2.47. The molecule has 4 rings (SSSR count). The van der Waals surface area contributed by atoms with Gasteiger partial charge < -0.3 is 19.3 Å². The molecule has 0 unspecified atom stereocenters. The maximum atomic E-state index is 13.4. The number of aryl methyl sites for hydroxylation is 1. The summed E-state index contributed by atoms with van der Waals surface area (Å²) >= 11 is 6.52. The average molecular weight is 440 g/mol. The average Bonchev–Trinajstić information content (AvgIpc) is 2.80. The largest absolute Gasteiger partial charge is 0.497 e. The SMILES string of the molecule is COc1ccc(CN(Cc2cc3cc(C)ccc3nc2Cl)C(=O)N2CCOCC2)cc1. The van der Waals surface area contributed by atoms with Gasteiger partial charge in [0.2, 0.25) is 0 Å². The Labute approximate surface area is 187 Å². The van der Waals surface area contributed by atoms with Crippen LogP contribution in [-0.2, 0) is 17.8 Å². The lowest BCUT2D eigenvalue weighted by atomic mass is 10.1. The number of hydrogen-bond acceptors (Lipinski definition) is 4. The molecule has 2 aromatic carbocycles. The fourth-order valence-corrected chi connectivity index (χ4v) is 3.94. The summed E-state index contributed by atoms with van der Waals surface area (Å²) in [6.07, 6.45) is 0. The van der Waals surface area contributed by atoms with Gasteiger partial charge in [0.15, 0.2) is 0 Å². The van der Waals surface area contributed by atoms with E-state index in [1.807, 2.05) is 59.2 Å². The highest BCUT2D eigenvalue weighted by Gasteiger charge is 2.24. The summed E-state index contributed by atoms with van der Waals surface area (Å²) in [7, 11) is 1.64. The Morgan fingerprint density at radius 3 is 2.58 bits per heavy atom. The molecule has 0 saturated carbocycles. The predicted octanol–water partition coefficient (Wildman–Crippen LogP) is 4.66. The summed E-state index contributed by atoms with van der Waals surface area (Å²) in [4.78, 5) is 21.6. The normalized spacial score (nSPS) is 14.0. The Morgan fingerprint density at radius 1 is 1.13 bits per heavy atom. The van der Waals surface area contributed by atoms with E-state index in [4.69, 9.17) is 21.1 Å². The first-order chi connectivity index (χ1) is 15.0. The van der Waals surface area contributed by atoms with E-state index in [2.05, 4.69) is 11.1 Å². The van der Waals surface area contributed by atoms with Crippen LogP contribution in [0.1, 0.15) is 16.7 Å². The van der Waals surface area contributed by atoms with E-state index in [-0.39, 0.29) is 6.03 Å². The highest BCUT2D eigenvalue weighted by molar-refractivity contribution is 6.30. The minimum Gasteiger partial charge on any atom is -0.497 e. The number of morpholine rings is 1. The molecule has 31 heavy (non-hydrogen) atoms. The van der Waals surface area contributed by atoms with Crippen LogP contribution in [0.5, 0.6) is 5.75 Å². The third kappa shape index (κ3) is 5.09. The zero-order chi connectivity index (χ0) is 21.8. The number of benzene rings is 2. The van der Waals surface area contributed by atoms with Crippen LogP contribution in [0.2, 0.25) is 5.15 Å². The lowest BCUT2D eigenvalue weighted by molar-refractivity contribution is 0.0418. The summed E-state index contributed by atoms with van der Waals surface area (Å²) < 4.78 is 10.7. The molecule has 2 heterocycles. The molecular weight excluding hydrogens is 414 g/mol. The fourth-order valence-electron chi connectivity index (χ4n) is 3.73. The fraction of sp³-hybridized carbons (Fsp3) is 0.333. The monoisotopic (exact) mass is 439 g/mol. The summed E-state index contributed by atoms with van der Waals surface area (Å²) in [6.45, 7) is 5.16. The van der Waals surface area contributed by atoms with E-state index in [0.29, 0.717) is 44.5 Å². The van der Waals surface area contributed by atoms with Crippen LogP contribution in [-0.4, -0.2) is 54.2 Å². The van der Waals surface area contributed by atoms with Crippen molar-refractivity contribution < 1.29 is 14.3 Å². The number of aromatic nitrogens is 1. The molecule has 1 aliphatic rings. The third-order valence-corrected chi connectivity index (χ3v) is 5.77. The van der Waals surface area contributed by atoms with E-state index in [9.17, 15) is 4.79 Å². The second-order valence-electron chi connectivity index (χ2n) is 7.72. The number of urea groups is 1. The molecule has 2 amide bonds. The molecule has 162 valence electrons. The van der Waals surface area contributed by atoms with Crippen molar-refractivity contribution in [3.05, 3.63) is 70.4 Å². The summed E-state index contributed by atoms with van der Waals surface area (Å²) in [5.41, 5.74) is 3.85. The van der Waals surface area contributed by atoms with E-state index in [0.717, 1.165) is 33.3 Å². The van der Waals surface area contributed by atoms with Crippen molar-refractivity contribution >= 4 is 28.5 Å². The molecule has 7 heteroatoms. The molecule has 3 aromatic rings. The Balaban J connectivity index is 1.63. The van der Waals surface area contributed by atoms with Crippen molar-refractivity contribution in [1.29, 1.82) is 0 Å². The van der Waals surface area contributed by atoms with Gasteiger partial charge in [-0.05, 0) is 42.8 Å². The van der Waals surface area contributed by atoms with Gasteiger partial charge in [0.05, 0.1) is 32.4 Å². The number of carbonyl (C=O) groups excluding carboxylic acids is 1. The van der Waals surface area contributed by atoms with Crippen molar-refractivity contribution in [3.63, 3.8) is 0 Å². The minimum absolute atomic E-state index is 0.0282. The molecule has 1 aromatic heterocycles. The third-order valence-electron chi connectivity index (χ3n) is 5.44. The number of ether oxygens (including phenoxy) is 2. The van der Waals surface area contributed by atoms with Gasteiger partial charge in [0.1, 0.15) is 10.9 Å². The van der Waals surface area contributed by atoms with Gasteiger partial charge in [0.25, 0.3) is 0 Å². The number of carbonyl (C=O) groups is 1. The molecule has 0 aliphatic carbocycles. The van der Waals surface area contributed by atoms with Gasteiger partial charge in [-0.25, -0.2) is 9.78 Å². The van der Waals surface area contributed by atoms with E-state index >= 15 is 0 Å². The van der Waals surface area contributed by atoms with Crippen LogP contribution in [0, 0.1) is 6.92 Å². The summed E-state index contributed by atoms with van der Waals surface area (Å²) in [5.74, 6) is 0.784. The molecular formula is C24H26ClN3O3. The van der Waals surface area contributed by atoms with Crippen LogP contribution < -0.4 is 4.74 Å². The van der Waals surface area contributed by atoms with Crippen LogP contribution >= 0.6 is 11.6 Å². The second kappa shape index (κ2) is 9.54. The molecule has 1 fully saturated rings. The number of rotatable bonds is 5. The van der Waals surface area contributed by atoms with Gasteiger partial charge in [-0.15, -0.1) is 0 Å². The quantitative estimate of drug-likeness (QED) is 0.542. The smallest absolute Gasteiger partial charge is 0.320 e. The Kier molecular flexibility index (Phi) is 6.59. The zero-order valence-electron chi connectivity index (χ0n) is 17.8. The predicted molar refractivity (Wildman–Crippen MR) is 122 cm³/mol. The van der Waals surface area contributed by atoms with E-state index in [1.165, 1.54) is 0 Å². The highest BCUT2D eigenvalue weighted by Crippen LogP contribution is 2.24. The molecule has 6 nitrogen and oxygen atoms in total. The first-order valence-electron chi connectivity index (χ1n) is 10.3. The lowest BCUT2D eigenvalue weighted by Gasteiger charge is -2.33. The number of methoxy groups -OCH3 is 1. The molecule has 0 radical (unpaired) electrons. The van der Waals surface area contributed by atoms with Crippen molar-refractivity contribution in [2.24, 2.45) is 0 Å². The van der Waals surface area contributed by atoms with Gasteiger partial charge in [-0.1, -0.05) is 35.4 Å². The number of halogens is 1. The second-order valence-corrected chi connectivity index (χ2v) is 8.08.